The van der Waals surface area contributed by atoms with Gasteiger partial charge in [-0.3, -0.25) is 9.78 Å². The van der Waals surface area contributed by atoms with Crippen LogP contribution in [0.1, 0.15) is 10.4 Å². The standard InChI is InChI=1S/C10H13BrN4O3S/c11-9-5-8(6-13-7-9)10(16)14-1-3-15(4-2-14)19(12,17)18/h5-7H,1-4H2,(H2,12,17,18). The minimum atomic E-state index is -3.67. The molecule has 0 bridgehead atoms. The van der Waals surface area contributed by atoms with Crippen LogP contribution in [0, 0.1) is 0 Å². The molecule has 2 heterocycles. The Morgan fingerprint density at radius 2 is 1.89 bits per heavy atom. The average molecular weight is 349 g/mol. The van der Waals surface area contributed by atoms with Gasteiger partial charge in [0.1, 0.15) is 0 Å². The molecule has 0 aromatic carbocycles. The molecule has 0 unspecified atom stereocenters. The van der Waals surface area contributed by atoms with Gasteiger partial charge in [0, 0.05) is 43.0 Å². The normalized spacial score (nSPS) is 17.5. The number of hydrogen-bond donors (Lipinski definition) is 1. The molecule has 0 aliphatic carbocycles. The fourth-order valence-electron chi connectivity index (χ4n) is 1.86. The van der Waals surface area contributed by atoms with Crippen LogP contribution < -0.4 is 5.14 Å². The predicted octanol–water partition coefficient (Wildman–Crippen LogP) is -0.195. The van der Waals surface area contributed by atoms with Gasteiger partial charge in [-0.2, -0.15) is 12.7 Å². The van der Waals surface area contributed by atoms with Crippen LogP contribution in [0.2, 0.25) is 0 Å². The Bertz CT molecular complexity index is 584. The van der Waals surface area contributed by atoms with Gasteiger partial charge in [0.05, 0.1) is 5.56 Å². The molecule has 1 saturated heterocycles. The highest BCUT2D eigenvalue weighted by molar-refractivity contribution is 9.10. The van der Waals surface area contributed by atoms with Crippen LogP contribution >= 0.6 is 15.9 Å². The van der Waals surface area contributed by atoms with Crippen molar-refractivity contribution in [1.29, 1.82) is 0 Å². The first-order valence-electron chi connectivity index (χ1n) is 5.55. The third-order valence-electron chi connectivity index (χ3n) is 2.84. The van der Waals surface area contributed by atoms with Crippen LogP contribution in [-0.2, 0) is 10.2 Å². The summed E-state index contributed by atoms with van der Waals surface area (Å²) in [7, 11) is -3.67. The van der Waals surface area contributed by atoms with Gasteiger partial charge in [-0.25, -0.2) is 5.14 Å². The van der Waals surface area contributed by atoms with Crippen molar-refractivity contribution in [2.75, 3.05) is 26.2 Å². The molecule has 7 nitrogen and oxygen atoms in total. The molecule has 1 aliphatic heterocycles. The molecule has 1 aromatic heterocycles. The van der Waals surface area contributed by atoms with Crippen LogP contribution in [0.25, 0.3) is 0 Å². The summed E-state index contributed by atoms with van der Waals surface area (Å²) in [5.41, 5.74) is 0.471. The van der Waals surface area contributed by atoms with Crippen molar-refractivity contribution in [3.63, 3.8) is 0 Å². The number of carbonyl (C=O) groups is 1. The number of pyridine rings is 1. The van der Waals surface area contributed by atoms with Crippen molar-refractivity contribution in [3.05, 3.63) is 28.5 Å². The zero-order valence-corrected chi connectivity index (χ0v) is 12.4. The molecule has 1 aliphatic rings. The summed E-state index contributed by atoms with van der Waals surface area (Å²) in [5.74, 6) is -0.164. The molecule has 0 spiro atoms. The van der Waals surface area contributed by atoms with E-state index in [0.717, 1.165) is 8.78 Å². The van der Waals surface area contributed by atoms with Gasteiger partial charge < -0.3 is 4.90 Å². The molecule has 1 fully saturated rings. The molecular weight excluding hydrogens is 336 g/mol. The Balaban J connectivity index is 2.04. The second-order valence-electron chi connectivity index (χ2n) is 4.13. The van der Waals surface area contributed by atoms with Gasteiger partial charge in [0.2, 0.25) is 0 Å². The van der Waals surface area contributed by atoms with Crippen LogP contribution in [0.15, 0.2) is 22.9 Å². The molecule has 9 heteroatoms. The monoisotopic (exact) mass is 348 g/mol. The molecule has 0 atom stereocenters. The van der Waals surface area contributed by atoms with Crippen molar-refractivity contribution in [1.82, 2.24) is 14.2 Å². The lowest BCUT2D eigenvalue weighted by Gasteiger charge is -2.32. The third kappa shape index (κ3) is 3.50. The van der Waals surface area contributed by atoms with Gasteiger partial charge in [0.25, 0.3) is 16.1 Å². The van der Waals surface area contributed by atoms with Gasteiger partial charge >= 0.3 is 0 Å². The van der Waals surface area contributed by atoms with E-state index in [9.17, 15) is 13.2 Å². The largest absolute Gasteiger partial charge is 0.336 e. The first kappa shape index (κ1) is 14.4. The SMILES string of the molecule is NS(=O)(=O)N1CCN(C(=O)c2cncc(Br)c2)CC1. The molecule has 1 aromatic rings. The van der Waals surface area contributed by atoms with Gasteiger partial charge in [-0.15, -0.1) is 0 Å². The molecule has 0 radical (unpaired) electrons. The number of rotatable bonds is 2. The molecular formula is C10H13BrN4O3S. The fourth-order valence-corrected chi connectivity index (χ4v) is 2.89. The van der Waals surface area contributed by atoms with Crippen LogP contribution in [0.5, 0.6) is 0 Å². The second-order valence-corrected chi connectivity index (χ2v) is 6.59. The van der Waals surface area contributed by atoms with Crippen molar-refractivity contribution >= 4 is 32.0 Å². The van der Waals surface area contributed by atoms with Crippen molar-refractivity contribution in [2.24, 2.45) is 5.14 Å². The van der Waals surface area contributed by atoms with Crippen molar-refractivity contribution < 1.29 is 13.2 Å². The van der Waals surface area contributed by atoms with E-state index < -0.39 is 10.2 Å². The maximum atomic E-state index is 12.2. The Hall–Kier alpha value is -1.03. The lowest BCUT2D eigenvalue weighted by atomic mass is 10.2. The van der Waals surface area contributed by atoms with E-state index >= 15 is 0 Å². The maximum absolute atomic E-state index is 12.2. The molecule has 1 amide bonds. The molecule has 2 N–H and O–H groups in total. The van der Waals surface area contributed by atoms with Crippen LogP contribution in [0.3, 0.4) is 0 Å². The number of halogens is 1. The summed E-state index contributed by atoms with van der Waals surface area (Å²) in [6.45, 7) is 1.07. The molecule has 2 rings (SSSR count). The van der Waals surface area contributed by atoms with E-state index in [1.165, 1.54) is 6.20 Å². The lowest BCUT2D eigenvalue weighted by Crippen LogP contribution is -2.52. The highest BCUT2D eigenvalue weighted by Gasteiger charge is 2.27. The summed E-state index contributed by atoms with van der Waals surface area (Å²) in [4.78, 5) is 17.7. The Morgan fingerprint density at radius 1 is 1.26 bits per heavy atom. The minimum absolute atomic E-state index is 0.164. The number of carbonyl (C=O) groups excluding carboxylic acids is 1. The van der Waals surface area contributed by atoms with E-state index in [-0.39, 0.29) is 19.0 Å². The summed E-state index contributed by atoms with van der Waals surface area (Å²) >= 11 is 3.25. The highest BCUT2D eigenvalue weighted by atomic mass is 79.9. The van der Waals surface area contributed by atoms with Gasteiger partial charge in [-0.05, 0) is 22.0 Å². The number of amides is 1. The van der Waals surface area contributed by atoms with E-state index in [1.54, 1.807) is 17.2 Å². The predicted molar refractivity (Wildman–Crippen MR) is 72.5 cm³/mol. The minimum Gasteiger partial charge on any atom is -0.336 e. The quantitative estimate of drug-likeness (QED) is 0.800. The first-order valence-corrected chi connectivity index (χ1v) is 7.85. The second kappa shape index (κ2) is 5.53. The topological polar surface area (TPSA) is 96.6 Å². The van der Waals surface area contributed by atoms with Crippen molar-refractivity contribution in [2.45, 2.75) is 0 Å². The Labute approximate surface area is 119 Å². The summed E-state index contributed by atoms with van der Waals surface area (Å²) in [6.07, 6.45) is 3.08. The van der Waals surface area contributed by atoms with Crippen LogP contribution in [-0.4, -0.2) is 54.7 Å². The molecule has 104 valence electrons. The number of hydrogen-bond acceptors (Lipinski definition) is 4. The zero-order valence-electron chi connectivity index (χ0n) is 9.99. The molecule has 0 saturated carbocycles. The zero-order chi connectivity index (χ0) is 14.0. The summed E-state index contributed by atoms with van der Waals surface area (Å²) in [5, 5.41) is 5.04. The van der Waals surface area contributed by atoms with Gasteiger partial charge in [-0.1, -0.05) is 0 Å². The maximum Gasteiger partial charge on any atom is 0.277 e. The Morgan fingerprint density at radius 3 is 2.42 bits per heavy atom. The highest BCUT2D eigenvalue weighted by Crippen LogP contribution is 2.13. The van der Waals surface area contributed by atoms with Crippen molar-refractivity contribution in [3.8, 4) is 0 Å². The molecule has 19 heavy (non-hydrogen) atoms. The summed E-state index contributed by atoms with van der Waals surface area (Å²) < 4.78 is 24.2. The van der Waals surface area contributed by atoms with E-state index in [4.69, 9.17) is 5.14 Å². The number of nitrogens with zero attached hydrogens (tertiary/aromatic N) is 3. The number of aromatic nitrogens is 1. The van der Waals surface area contributed by atoms with E-state index in [0.29, 0.717) is 18.7 Å². The first-order chi connectivity index (χ1) is 8.88. The van der Waals surface area contributed by atoms with Gasteiger partial charge in [0.15, 0.2) is 0 Å². The third-order valence-corrected chi connectivity index (χ3v) is 4.36. The lowest BCUT2D eigenvalue weighted by molar-refractivity contribution is 0.0697. The van der Waals surface area contributed by atoms with E-state index in [2.05, 4.69) is 20.9 Å². The van der Waals surface area contributed by atoms with E-state index in [1.807, 2.05) is 0 Å². The average Bonchev–Trinajstić information content (AvgIpc) is 2.37. The fraction of sp³-hybridized carbons (Fsp3) is 0.400. The number of piperazine rings is 1. The smallest absolute Gasteiger partial charge is 0.277 e. The number of nitrogens with two attached hydrogens (primary N) is 1. The summed E-state index contributed by atoms with van der Waals surface area (Å²) in [6, 6.07) is 1.68. The van der Waals surface area contributed by atoms with Crippen LogP contribution in [0.4, 0.5) is 0 Å². The Kier molecular flexibility index (Phi) is 4.19.